The summed E-state index contributed by atoms with van der Waals surface area (Å²) in [4.78, 5) is 11.6. The first kappa shape index (κ1) is 12.2. The van der Waals surface area contributed by atoms with Crippen LogP contribution in [0.25, 0.3) is 0 Å². The second-order valence-electron chi connectivity index (χ2n) is 4.10. The predicted molar refractivity (Wildman–Crippen MR) is 64.8 cm³/mol. The highest BCUT2D eigenvalue weighted by Gasteiger charge is 2.21. The van der Waals surface area contributed by atoms with Gasteiger partial charge in [-0.25, -0.2) is 4.79 Å². The number of carbonyl (C=O) groups is 1. The zero-order valence-corrected chi connectivity index (χ0v) is 10.1. The van der Waals surface area contributed by atoms with E-state index >= 15 is 0 Å². The fourth-order valence-corrected chi connectivity index (χ4v) is 1.57. The lowest BCUT2D eigenvalue weighted by Gasteiger charge is -2.07. The van der Waals surface area contributed by atoms with Gasteiger partial charge in [-0.2, -0.15) is 0 Å². The van der Waals surface area contributed by atoms with Crippen molar-refractivity contribution >= 4 is 23.3 Å². The number of halogens is 1. The molecule has 0 aromatic heterocycles. The van der Waals surface area contributed by atoms with E-state index in [1.165, 1.54) is 18.9 Å². The summed E-state index contributed by atoms with van der Waals surface area (Å²) in [5, 5.41) is 0.490. The van der Waals surface area contributed by atoms with Crippen molar-refractivity contribution in [2.24, 2.45) is 5.92 Å². The molecule has 1 fully saturated rings. The van der Waals surface area contributed by atoms with E-state index in [0.29, 0.717) is 28.8 Å². The first-order valence-corrected chi connectivity index (χ1v) is 5.84. The van der Waals surface area contributed by atoms with Gasteiger partial charge in [-0.3, -0.25) is 0 Å². The van der Waals surface area contributed by atoms with Gasteiger partial charge in [0.2, 0.25) is 0 Å². The quantitative estimate of drug-likeness (QED) is 0.380. The molecule has 0 saturated heterocycles. The first-order chi connectivity index (χ1) is 8.16. The molecule has 1 aromatic rings. The van der Waals surface area contributed by atoms with Crippen LogP contribution in [-0.4, -0.2) is 19.4 Å². The Kier molecular flexibility index (Phi) is 3.86. The van der Waals surface area contributed by atoms with Gasteiger partial charge in [0, 0.05) is 10.7 Å². The van der Waals surface area contributed by atoms with Gasteiger partial charge in [-0.1, -0.05) is 11.6 Å². The van der Waals surface area contributed by atoms with Crippen LogP contribution in [0.15, 0.2) is 18.2 Å². The third-order valence-electron chi connectivity index (χ3n) is 2.56. The highest BCUT2D eigenvalue weighted by molar-refractivity contribution is 6.31. The number of esters is 1. The van der Waals surface area contributed by atoms with Gasteiger partial charge in [0.25, 0.3) is 0 Å². The molecule has 4 nitrogen and oxygen atoms in total. The maximum atomic E-state index is 11.6. The standard InChI is InChI=1S/C12H14ClNO3/c13-9-3-4-10(11(14)5-9)12(15)17-7-16-6-8-1-2-8/h3-5,8H,1-2,6-7,14H2. The summed E-state index contributed by atoms with van der Waals surface area (Å²) in [7, 11) is 0. The number of anilines is 1. The Morgan fingerprint density at radius 1 is 1.47 bits per heavy atom. The molecule has 0 radical (unpaired) electrons. The molecule has 1 aliphatic rings. The molecule has 0 unspecified atom stereocenters. The lowest BCUT2D eigenvalue weighted by atomic mass is 10.2. The Bertz CT molecular complexity index is 418. The Balaban J connectivity index is 1.81. The molecule has 92 valence electrons. The van der Waals surface area contributed by atoms with Crippen LogP contribution in [0.3, 0.4) is 0 Å². The number of rotatable bonds is 5. The lowest BCUT2D eigenvalue weighted by molar-refractivity contribution is -0.0344. The van der Waals surface area contributed by atoms with Crippen LogP contribution >= 0.6 is 11.6 Å². The summed E-state index contributed by atoms with van der Waals surface area (Å²) in [5.41, 5.74) is 6.28. The Labute approximate surface area is 105 Å². The molecule has 0 spiro atoms. The monoisotopic (exact) mass is 255 g/mol. The van der Waals surface area contributed by atoms with E-state index in [0.717, 1.165) is 0 Å². The minimum atomic E-state index is -0.491. The summed E-state index contributed by atoms with van der Waals surface area (Å²) in [6.45, 7) is 0.626. The SMILES string of the molecule is Nc1cc(Cl)ccc1C(=O)OCOCC1CC1. The van der Waals surface area contributed by atoms with Gasteiger partial charge in [-0.05, 0) is 37.0 Å². The van der Waals surface area contributed by atoms with E-state index in [1.54, 1.807) is 12.1 Å². The molecule has 5 heteroatoms. The molecule has 0 amide bonds. The fourth-order valence-electron chi connectivity index (χ4n) is 1.39. The van der Waals surface area contributed by atoms with Crippen LogP contribution in [0.1, 0.15) is 23.2 Å². The average molecular weight is 256 g/mol. The van der Waals surface area contributed by atoms with Crippen LogP contribution < -0.4 is 5.73 Å². The number of nitrogen functional groups attached to an aromatic ring is 1. The van der Waals surface area contributed by atoms with E-state index in [1.807, 2.05) is 0 Å². The Morgan fingerprint density at radius 3 is 2.88 bits per heavy atom. The zero-order valence-electron chi connectivity index (χ0n) is 9.32. The molecule has 0 bridgehead atoms. The molecule has 1 saturated carbocycles. The van der Waals surface area contributed by atoms with Crippen molar-refractivity contribution in [2.75, 3.05) is 19.1 Å². The van der Waals surface area contributed by atoms with Crippen molar-refractivity contribution in [1.29, 1.82) is 0 Å². The molecule has 0 aliphatic heterocycles. The second kappa shape index (κ2) is 5.38. The van der Waals surface area contributed by atoms with Crippen molar-refractivity contribution in [3.63, 3.8) is 0 Å². The van der Waals surface area contributed by atoms with Crippen molar-refractivity contribution in [1.82, 2.24) is 0 Å². The minimum absolute atomic E-state index is 0.0304. The molecular weight excluding hydrogens is 242 g/mol. The van der Waals surface area contributed by atoms with Gasteiger partial charge in [0.05, 0.1) is 12.2 Å². The van der Waals surface area contributed by atoms with E-state index in [2.05, 4.69) is 0 Å². The first-order valence-electron chi connectivity index (χ1n) is 5.46. The smallest absolute Gasteiger partial charge is 0.342 e. The highest BCUT2D eigenvalue weighted by Crippen LogP contribution is 2.28. The van der Waals surface area contributed by atoms with Gasteiger partial charge >= 0.3 is 5.97 Å². The maximum absolute atomic E-state index is 11.6. The molecular formula is C12H14ClNO3. The summed E-state index contributed by atoms with van der Waals surface area (Å²) < 4.78 is 10.1. The van der Waals surface area contributed by atoms with E-state index in [9.17, 15) is 4.79 Å². The Hall–Kier alpha value is -1.26. The maximum Gasteiger partial charge on any atom is 0.342 e. The predicted octanol–water partition coefficient (Wildman–Crippen LogP) is 2.46. The third kappa shape index (κ3) is 3.61. The molecule has 2 N–H and O–H groups in total. The summed E-state index contributed by atoms with van der Waals surface area (Å²) in [5.74, 6) is 0.157. The van der Waals surface area contributed by atoms with Gasteiger partial charge in [0.15, 0.2) is 6.79 Å². The van der Waals surface area contributed by atoms with E-state index in [4.69, 9.17) is 26.8 Å². The normalized spacial score (nSPS) is 14.6. The minimum Gasteiger partial charge on any atom is -0.435 e. The van der Waals surface area contributed by atoms with Gasteiger partial charge in [-0.15, -0.1) is 0 Å². The number of ether oxygens (including phenoxy) is 2. The lowest BCUT2D eigenvalue weighted by Crippen LogP contribution is -2.11. The Morgan fingerprint density at radius 2 is 2.24 bits per heavy atom. The number of nitrogens with two attached hydrogens (primary N) is 1. The topological polar surface area (TPSA) is 61.6 Å². The zero-order chi connectivity index (χ0) is 12.3. The second-order valence-corrected chi connectivity index (χ2v) is 4.53. The summed E-state index contributed by atoms with van der Waals surface area (Å²) in [6, 6.07) is 4.66. The fraction of sp³-hybridized carbons (Fsp3) is 0.417. The molecule has 1 aromatic carbocycles. The number of hydrogen-bond acceptors (Lipinski definition) is 4. The van der Waals surface area contributed by atoms with Gasteiger partial charge < -0.3 is 15.2 Å². The highest BCUT2D eigenvalue weighted by atomic mass is 35.5. The van der Waals surface area contributed by atoms with Crippen LogP contribution in [0.5, 0.6) is 0 Å². The van der Waals surface area contributed by atoms with Crippen LogP contribution in [-0.2, 0) is 9.47 Å². The van der Waals surface area contributed by atoms with Crippen molar-refractivity contribution in [2.45, 2.75) is 12.8 Å². The molecule has 17 heavy (non-hydrogen) atoms. The van der Waals surface area contributed by atoms with Crippen molar-refractivity contribution < 1.29 is 14.3 Å². The van der Waals surface area contributed by atoms with E-state index in [-0.39, 0.29) is 6.79 Å². The number of benzene rings is 1. The molecule has 2 rings (SSSR count). The third-order valence-corrected chi connectivity index (χ3v) is 2.79. The number of hydrogen-bond donors (Lipinski definition) is 1. The largest absolute Gasteiger partial charge is 0.435 e. The molecule has 0 atom stereocenters. The summed E-state index contributed by atoms with van der Waals surface area (Å²) in [6.07, 6.45) is 2.41. The number of carbonyl (C=O) groups excluding carboxylic acids is 1. The molecule has 0 heterocycles. The van der Waals surface area contributed by atoms with Crippen LogP contribution in [0.4, 0.5) is 5.69 Å². The van der Waals surface area contributed by atoms with Crippen molar-refractivity contribution in [3.8, 4) is 0 Å². The van der Waals surface area contributed by atoms with E-state index < -0.39 is 5.97 Å². The van der Waals surface area contributed by atoms with Crippen LogP contribution in [0.2, 0.25) is 5.02 Å². The average Bonchev–Trinajstić information content (AvgIpc) is 3.08. The van der Waals surface area contributed by atoms with Crippen molar-refractivity contribution in [3.05, 3.63) is 28.8 Å². The summed E-state index contributed by atoms with van der Waals surface area (Å²) >= 11 is 5.73. The molecule has 1 aliphatic carbocycles. The van der Waals surface area contributed by atoms with Gasteiger partial charge in [0.1, 0.15) is 0 Å². The van der Waals surface area contributed by atoms with Crippen LogP contribution in [0, 0.1) is 5.92 Å².